The van der Waals surface area contributed by atoms with Crippen LogP contribution in [0.4, 0.5) is 10.5 Å². The molecule has 0 unspecified atom stereocenters. The maximum absolute atomic E-state index is 13.0. The van der Waals surface area contributed by atoms with Crippen LogP contribution in [-0.2, 0) is 22.6 Å². The SMILES string of the molecule is CC[C@H](C)[C@H](NC(=O)c1ccc(N2C(=O)[C@@H]3Cc4ccccc4CN3C2=O)cc1)C(=O)O. The molecule has 1 fully saturated rings. The van der Waals surface area contributed by atoms with Gasteiger partial charge in [-0.15, -0.1) is 0 Å². The van der Waals surface area contributed by atoms with E-state index in [0.717, 1.165) is 16.0 Å². The van der Waals surface area contributed by atoms with E-state index < -0.39 is 24.0 Å². The number of fused-ring (bicyclic) bond motifs is 2. The lowest BCUT2D eigenvalue weighted by Gasteiger charge is -2.28. The Hall–Kier alpha value is -3.68. The summed E-state index contributed by atoms with van der Waals surface area (Å²) in [5.41, 5.74) is 2.74. The number of hydrogen-bond acceptors (Lipinski definition) is 4. The summed E-state index contributed by atoms with van der Waals surface area (Å²) in [5, 5.41) is 11.9. The first-order chi connectivity index (χ1) is 15.3. The predicted octanol–water partition coefficient (Wildman–Crippen LogP) is 2.81. The molecule has 3 atom stereocenters. The van der Waals surface area contributed by atoms with E-state index in [-0.39, 0.29) is 23.4 Å². The van der Waals surface area contributed by atoms with Crippen molar-refractivity contribution in [2.45, 2.75) is 45.3 Å². The third-order valence-corrected chi connectivity index (χ3v) is 6.34. The first-order valence-electron chi connectivity index (χ1n) is 10.7. The molecule has 1 saturated heterocycles. The number of carboxylic acids is 1. The standard InChI is InChI=1S/C24H25N3O5/c1-3-14(2)20(23(30)31)25-21(28)15-8-10-18(11-9-15)27-22(29)19-12-16-6-4-5-7-17(16)13-26(19)24(27)32/h4-11,14,19-20H,3,12-13H2,1-2H3,(H,25,28)(H,30,31)/t14-,19-,20-/m0/s1. The van der Waals surface area contributed by atoms with Crippen LogP contribution in [0, 0.1) is 5.92 Å². The number of benzene rings is 2. The second-order valence-electron chi connectivity index (χ2n) is 8.29. The number of urea groups is 1. The highest BCUT2D eigenvalue weighted by atomic mass is 16.4. The number of hydrogen-bond donors (Lipinski definition) is 2. The average Bonchev–Trinajstić information content (AvgIpc) is 3.04. The van der Waals surface area contributed by atoms with Gasteiger partial charge in [-0.3, -0.25) is 9.59 Å². The van der Waals surface area contributed by atoms with Gasteiger partial charge >= 0.3 is 12.0 Å². The van der Waals surface area contributed by atoms with Gasteiger partial charge < -0.3 is 15.3 Å². The van der Waals surface area contributed by atoms with E-state index in [2.05, 4.69) is 5.32 Å². The molecule has 2 aliphatic rings. The number of amides is 4. The highest BCUT2D eigenvalue weighted by molar-refractivity contribution is 6.21. The first kappa shape index (κ1) is 21.5. The van der Waals surface area contributed by atoms with Crippen LogP contribution in [0.1, 0.15) is 41.8 Å². The van der Waals surface area contributed by atoms with Crippen LogP contribution in [-0.4, -0.2) is 45.9 Å². The van der Waals surface area contributed by atoms with Crippen LogP contribution in [0.2, 0.25) is 0 Å². The molecule has 0 aliphatic carbocycles. The largest absolute Gasteiger partial charge is 0.480 e. The fraction of sp³-hybridized carbons (Fsp3) is 0.333. The fourth-order valence-electron chi connectivity index (χ4n) is 4.22. The Morgan fingerprint density at radius 2 is 1.75 bits per heavy atom. The highest BCUT2D eigenvalue weighted by Gasteiger charge is 2.47. The van der Waals surface area contributed by atoms with Crippen molar-refractivity contribution in [2.75, 3.05) is 4.90 Å². The van der Waals surface area contributed by atoms with Gasteiger partial charge in [0.05, 0.1) is 5.69 Å². The van der Waals surface area contributed by atoms with Crippen LogP contribution < -0.4 is 10.2 Å². The summed E-state index contributed by atoms with van der Waals surface area (Å²) in [6, 6.07) is 11.9. The molecule has 0 radical (unpaired) electrons. The van der Waals surface area contributed by atoms with Crippen molar-refractivity contribution in [3.8, 4) is 0 Å². The monoisotopic (exact) mass is 435 g/mol. The first-order valence-corrected chi connectivity index (χ1v) is 10.7. The van der Waals surface area contributed by atoms with Gasteiger partial charge in [-0.05, 0) is 41.3 Å². The van der Waals surface area contributed by atoms with Crippen molar-refractivity contribution in [1.29, 1.82) is 0 Å². The van der Waals surface area contributed by atoms with E-state index in [1.165, 1.54) is 24.3 Å². The lowest BCUT2D eigenvalue weighted by molar-refractivity contribution is -0.140. The number of anilines is 1. The zero-order valence-electron chi connectivity index (χ0n) is 17.9. The Balaban J connectivity index is 1.51. The van der Waals surface area contributed by atoms with Crippen LogP contribution >= 0.6 is 0 Å². The summed E-state index contributed by atoms with van der Waals surface area (Å²) in [7, 11) is 0. The number of carbonyl (C=O) groups is 4. The molecule has 166 valence electrons. The molecular formula is C24H25N3O5. The van der Waals surface area contributed by atoms with Gasteiger partial charge in [-0.1, -0.05) is 44.5 Å². The molecule has 2 aromatic carbocycles. The fourth-order valence-corrected chi connectivity index (χ4v) is 4.22. The number of carboxylic acid groups (broad SMARTS) is 1. The molecule has 4 amide bonds. The summed E-state index contributed by atoms with van der Waals surface area (Å²) in [6.45, 7) is 4.01. The molecule has 8 nitrogen and oxygen atoms in total. The van der Waals surface area contributed by atoms with Gasteiger partial charge in [-0.25, -0.2) is 14.5 Å². The lowest BCUT2D eigenvalue weighted by Crippen LogP contribution is -2.45. The van der Waals surface area contributed by atoms with Crippen molar-refractivity contribution in [3.63, 3.8) is 0 Å². The van der Waals surface area contributed by atoms with Crippen molar-refractivity contribution < 1.29 is 24.3 Å². The maximum atomic E-state index is 13.0. The molecule has 32 heavy (non-hydrogen) atoms. The van der Waals surface area contributed by atoms with Crippen LogP contribution in [0.15, 0.2) is 48.5 Å². The zero-order chi connectivity index (χ0) is 23.0. The van der Waals surface area contributed by atoms with Crippen molar-refractivity contribution in [1.82, 2.24) is 10.2 Å². The number of aliphatic carboxylic acids is 1. The van der Waals surface area contributed by atoms with E-state index in [4.69, 9.17) is 0 Å². The van der Waals surface area contributed by atoms with Crippen LogP contribution in [0.25, 0.3) is 0 Å². The normalized spacial score (nSPS) is 19.2. The van der Waals surface area contributed by atoms with Gasteiger partial charge in [0.2, 0.25) is 0 Å². The summed E-state index contributed by atoms with van der Waals surface area (Å²) in [6.07, 6.45) is 1.08. The number of nitrogens with zero attached hydrogens (tertiary/aromatic N) is 2. The molecule has 0 spiro atoms. The van der Waals surface area contributed by atoms with E-state index in [0.29, 0.717) is 25.1 Å². The van der Waals surface area contributed by atoms with Gasteiger partial charge in [0, 0.05) is 18.5 Å². The predicted molar refractivity (Wildman–Crippen MR) is 117 cm³/mol. The number of carbonyl (C=O) groups excluding carboxylic acids is 3. The summed E-state index contributed by atoms with van der Waals surface area (Å²) in [5.74, 6) is -2.12. The van der Waals surface area contributed by atoms with Crippen LogP contribution in [0.5, 0.6) is 0 Å². The highest BCUT2D eigenvalue weighted by Crippen LogP contribution is 2.33. The Morgan fingerprint density at radius 3 is 2.38 bits per heavy atom. The second kappa shape index (κ2) is 8.45. The lowest BCUT2D eigenvalue weighted by atomic mass is 9.95. The van der Waals surface area contributed by atoms with Crippen molar-refractivity contribution in [3.05, 3.63) is 65.2 Å². The van der Waals surface area contributed by atoms with E-state index in [1.54, 1.807) is 11.8 Å². The van der Waals surface area contributed by atoms with Crippen molar-refractivity contribution >= 4 is 29.5 Å². The van der Waals surface area contributed by atoms with Gasteiger partial charge in [0.15, 0.2) is 0 Å². The molecule has 2 aromatic rings. The Morgan fingerprint density at radius 1 is 1.09 bits per heavy atom. The smallest absolute Gasteiger partial charge is 0.332 e. The third kappa shape index (κ3) is 3.72. The Bertz CT molecular complexity index is 1040. The Kier molecular flexibility index (Phi) is 5.69. The second-order valence-corrected chi connectivity index (χ2v) is 8.29. The van der Waals surface area contributed by atoms with E-state index in [9.17, 15) is 24.3 Å². The number of rotatable bonds is 6. The van der Waals surface area contributed by atoms with Gasteiger partial charge in [-0.2, -0.15) is 0 Å². The number of imide groups is 1. The molecule has 2 heterocycles. The zero-order valence-corrected chi connectivity index (χ0v) is 17.9. The minimum atomic E-state index is -1.09. The molecule has 8 heteroatoms. The average molecular weight is 435 g/mol. The molecular weight excluding hydrogens is 410 g/mol. The summed E-state index contributed by atoms with van der Waals surface area (Å²) < 4.78 is 0. The molecule has 0 bridgehead atoms. The third-order valence-electron chi connectivity index (χ3n) is 6.34. The molecule has 2 N–H and O–H groups in total. The van der Waals surface area contributed by atoms with Gasteiger partial charge in [0.25, 0.3) is 11.8 Å². The number of nitrogens with one attached hydrogen (secondary N) is 1. The molecule has 0 saturated carbocycles. The van der Waals surface area contributed by atoms with E-state index >= 15 is 0 Å². The molecule has 2 aliphatic heterocycles. The van der Waals surface area contributed by atoms with E-state index in [1.807, 2.05) is 31.2 Å². The Labute approximate surface area is 185 Å². The minimum Gasteiger partial charge on any atom is -0.480 e. The van der Waals surface area contributed by atoms with Crippen molar-refractivity contribution in [2.24, 2.45) is 5.92 Å². The summed E-state index contributed by atoms with van der Waals surface area (Å²) in [4.78, 5) is 52.8. The van der Waals surface area contributed by atoms with Gasteiger partial charge in [0.1, 0.15) is 12.1 Å². The summed E-state index contributed by atoms with van der Waals surface area (Å²) >= 11 is 0. The quantitative estimate of drug-likeness (QED) is 0.679. The minimum absolute atomic E-state index is 0.225. The maximum Gasteiger partial charge on any atom is 0.332 e. The van der Waals surface area contributed by atoms with Crippen LogP contribution in [0.3, 0.4) is 0 Å². The topological polar surface area (TPSA) is 107 Å². The molecule has 0 aromatic heterocycles. The molecule has 4 rings (SSSR count).